The number of fused-ring (bicyclic) bond motifs is 1. The molecule has 0 saturated carbocycles. The van der Waals surface area contributed by atoms with Gasteiger partial charge in [0, 0.05) is 16.9 Å². The topological polar surface area (TPSA) is 17.3 Å². The number of rotatable bonds is 0. The molecule has 58 valence electrons. The zero-order valence-electron chi connectivity index (χ0n) is 5.16. The number of nitrogens with zero attached hydrogens (tertiary/aromatic N) is 2. The van der Waals surface area contributed by atoms with Crippen molar-refractivity contribution < 1.29 is 0 Å². The van der Waals surface area contributed by atoms with Gasteiger partial charge in [-0.25, -0.2) is 4.52 Å². The van der Waals surface area contributed by atoms with Crippen molar-refractivity contribution in [3.8, 4) is 0 Å². The Labute approximate surface area is 74.0 Å². The third-order valence-electron chi connectivity index (χ3n) is 1.36. The first-order valence-electron chi connectivity index (χ1n) is 2.95. The molecule has 0 bridgehead atoms. The Morgan fingerprint density at radius 3 is 2.91 bits per heavy atom. The summed E-state index contributed by atoms with van der Waals surface area (Å²) in [5, 5.41) is 4.07. The van der Waals surface area contributed by atoms with Gasteiger partial charge >= 0.3 is 0 Å². The van der Waals surface area contributed by atoms with E-state index in [4.69, 9.17) is 0 Å². The molecule has 0 radical (unpaired) electrons. The Bertz CT molecular complexity index is 354. The van der Waals surface area contributed by atoms with Crippen LogP contribution in [-0.4, -0.2) is 9.61 Å². The molecule has 0 fully saturated rings. The van der Waals surface area contributed by atoms with Gasteiger partial charge in [-0.1, -0.05) is 7.43 Å². The Morgan fingerprint density at radius 2 is 2.09 bits per heavy atom. The molecule has 2 aromatic rings. The highest BCUT2D eigenvalue weighted by Crippen LogP contribution is 2.10. The lowest BCUT2D eigenvalue weighted by Gasteiger charge is -1.91. The van der Waals surface area contributed by atoms with Crippen molar-refractivity contribution >= 4 is 21.4 Å². The van der Waals surface area contributed by atoms with Crippen LogP contribution < -0.4 is 0 Å². The van der Waals surface area contributed by atoms with Crippen LogP contribution in [0.2, 0.25) is 0 Å². The molecular weight excluding hydrogens is 204 g/mol. The van der Waals surface area contributed by atoms with Gasteiger partial charge in [-0.2, -0.15) is 5.10 Å². The summed E-state index contributed by atoms with van der Waals surface area (Å²) in [5.74, 6) is 0. The van der Waals surface area contributed by atoms with Gasteiger partial charge in [-0.15, -0.1) is 0 Å². The van der Waals surface area contributed by atoms with Gasteiger partial charge in [0.2, 0.25) is 0 Å². The van der Waals surface area contributed by atoms with Crippen LogP contribution in [0.5, 0.6) is 0 Å². The highest BCUT2D eigenvalue weighted by molar-refractivity contribution is 9.10. The van der Waals surface area contributed by atoms with Crippen molar-refractivity contribution in [3.05, 3.63) is 35.1 Å². The van der Waals surface area contributed by atoms with Crippen molar-refractivity contribution in [3.63, 3.8) is 0 Å². The van der Waals surface area contributed by atoms with E-state index >= 15 is 0 Å². The maximum Gasteiger partial charge on any atom is 0.0662 e. The fourth-order valence-electron chi connectivity index (χ4n) is 0.889. The van der Waals surface area contributed by atoms with E-state index in [1.807, 2.05) is 28.9 Å². The molecule has 0 unspecified atom stereocenters. The van der Waals surface area contributed by atoms with Crippen LogP contribution in [0.15, 0.2) is 35.1 Å². The van der Waals surface area contributed by atoms with E-state index in [0.29, 0.717) is 0 Å². The van der Waals surface area contributed by atoms with E-state index in [2.05, 4.69) is 21.0 Å². The summed E-state index contributed by atoms with van der Waals surface area (Å²) in [6.07, 6.45) is 3.71. The third-order valence-corrected chi connectivity index (χ3v) is 1.83. The molecule has 0 spiro atoms. The summed E-state index contributed by atoms with van der Waals surface area (Å²) in [5.41, 5.74) is 1.11. The summed E-state index contributed by atoms with van der Waals surface area (Å²) in [6.45, 7) is 0. The number of halogens is 1. The molecule has 2 nitrogen and oxygen atoms in total. The van der Waals surface area contributed by atoms with Crippen LogP contribution in [0.25, 0.3) is 5.52 Å². The van der Waals surface area contributed by atoms with Crippen molar-refractivity contribution in [2.45, 2.75) is 7.43 Å². The molecule has 2 aromatic heterocycles. The standard InChI is InChI=1S/C7H5BrN2.CH4/c8-6-1-2-7-3-4-9-10(7)5-6;/h1-5H;1H4. The van der Waals surface area contributed by atoms with Gasteiger partial charge in [0.15, 0.2) is 0 Å². The van der Waals surface area contributed by atoms with Crippen LogP contribution in [0.1, 0.15) is 7.43 Å². The minimum absolute atomic E-state index is 0. The Kier molecular flexibility index (Phi) is 2.29. The second kappa shape index (κ2) is 3.05. The molecular formula is C8H9BrN2. The number of aromatic nitrogens is 2. The van der Waals surface area contributed by atoms with Crippen molar-refractivity contribution in [2.24, 2.45) is 0 Å². The molecule has 3 heteroatoms. The predicted molar refractivity (Wildman–Crippen MR) is 49.6 cm³/mol. The predicted octanol–water partition coefficient (Wildman–Crippen LogP) is 2.73. The van der Waals surface area contributed by atoms with E-state index in [9.17, 15) is 0 Å². The summed E-state index contributed by atoms with van der Waals surface area (Å²) in [6, 6.07) is 5.97. The van der Waals surface area contributed by atoms with Crippen LogP contribution in [0.4, 0.5) is 0 Å². The normalized spacial score (nSPS) is 9.55. The summed E-state index contributed by atoms with van der Waals surface area (Å²) in [4.78, 5) is 0. The minimum atomic E-state index is 0. The lowest BCUT2D eigenvalue weighted by atomic mass is 10.4. The van der Waals surface area contributed by atoms with Gasteiger partial charge in [-0.05, 0) is 34.1 Å². The van der Waals surface area contributed by atoms with Gasteiger partial charge < -0.3 is 0 Å². The van der Waals surface area contributed by atoms with Crippen LogP contribution in [0.3, 0.4) is 0 Å². The van der Waals surface area contributed by atoms with Gasteiger partial charge in [0.1, 0.15) is 0 Å². The molecule has 0 amide bonds. The zero-order valence-corrected chi connectivity index (χ0v) is 6.75. The molecule has 2 rings (SSSR count). The maximum atomic E-state index is 4.07. The zero-order chi connectivity index (χ0) is 6.97. The van der Waals surface area contributed by atoms with E-state index in [1.54, 1.807) is 6.20 Å². The molecule has 0 aliphatic carbocycles. The monoisotopic (exact) mass is 212 g/mol. The number of hydrogen-bond donors (Lipinski definition) is 0. The smallest absolute Gasteiger partial charge is 0.0662 e. The van der Waals surface area contributed by atoms with Crippen molar-refractivity contribution in [2.75, 3.05) is 0 Å². The first-order chi connectivity index (χ1) is 4.86. The quantitative estimate of drug-likeness (QED) is 0.657. The molecule has 0 aliphatic rings. The summed E-state index contributed by atoms with van der Waals surface area (Å²) < 4.78 is 2.87. The largest absolute Gasteiger partial charge is 0.240 e. The van der Waals surface area contributed by atoms with Gasteiger partial charge in [-0.3, -0.25) is 0 Å². The summed E-state index contributed by atoms with van der Waals surface area (Å²) >= 11 is 3.36. The first-order valence-corrected chi connectivity index (χ1v) is 3.74. The molecule has 0 atom stereocenters. The average molecular weight is 213 g/mol. The number of hydrogen-bond acceptors (Lipinski definition) is 1. The second-order valence-corrected chi connectivity index (χ2v) is 2.96. The SMILES string of the molecule is Brc1ccc2ccnn2c1.C. The third kappa shape index (κ3) is 1.43. The molecule has 0 N–H and O–H groups in total. The summed E-state index contributed by atoms with van der Waals surface area (Å²) in [7, 11) is 0. The van der Waals surface area contributed by atoms with Crippen LogP contribution in [0, 0.1) is 0 Å². The Hall–Kier alpha value is -0.830. The van der Waals surface area contributed by atoms with Crippen molar-refractivity contribution in [1.29, 1.82) is 0 Å². The van der Waals surface area contributed by atoms with E-state index in [-0.39, 0.29) is 7.43 Å². The maximum absolute atomic E-state index is 4.07. The molecule has 0 saturated heterocycles. The fraction of sp³-hybridized carbons (Fsp3) is 0.125. The van der Waals surface area contributed by atoms with Crippen LogP contribution >= 0.6 is 15.9 Å². The molecule has 0 aliphatic heterocycles. The second-order valence-electron chi connectivity index (χ2n) is 2.05. The van der Waals surface area contributed by atoms with Crippen molar-refractivity contribution in [1.82, 2.24) is 9.61 Å². The Morgan fingerprint density at radius 1 is 1.27 bits per heavy atom. The highest BCUT2D eigenvalue weighted by Gasteiger charge is 1.91. The van der Waals surface area contributed by atoms with Gasteiger partial charge in [0.05, 0.1) is 5.52 Å². The average Bonchev–Trinajstić information content (AvgIpc) is 2.33. The fourth-order valence-corrected chi connectivity index (χ4v) is 1.22. The first kappa shape index (κ1) is 8.27. The van der Waals surface area contributed by atoms with E-state index in [1.165, 1.54) is 0 Å². The lowest BCUT2D eigenvalue weighted by molar-refractivity contribution is 0.956. The van der Waals surface area contributed by atoms with E-state index < -0.39 is 0 Å². The Balaban J connectivity index is 0.000000605. The van der Waals surface area contributed by atoms with Gasteiger partial charge in [0.25, 0.3) is 0 Å². The minimum Gasteiger partial charge on any atom is -0.240 e. The lowest BCUT2D eigenvalue weighted by Crippen LogP contribution is -1.83. The van der Waals surface area contributed by atoms with Crippen LogP contribution in [-0.2, 0) is 0 Å². The molecule has 11 heavy (non-hydrogen) atoms. The molecule has 2 heterocycles. The molecule has 0 aromatic carbocycles. The number of pyridine rings is 1. The van der Waals surface area contributed by atoms with E-state index in [0.717, 1.165) is 9.99 Å². The highest BCUT2D eigenvalue weighted by atomic mass is 79.9.